The van der Waals surface area contributed by atoms with E-state index in [2.05, 4.69) is 10.0 Å². The van der Waals surface area contributed by atoms with E-state index in [1.165, 1.54) is 31.4 Å². The number of ether oxygens (including phenoxy) is 1. The lowest BCUT2D eigenvalue weighted by Crippen LogP contribution is -2.14. The van der Waals surface area contributed by atoms with Crippen molar-refractivity contribution in [3.8, 4) is 5.75 Å². The first-order valence-electron chi connectivity index (χ1n) is 8.68. The van der Waals surface area contributed by atoms with Gasteiger partial charge in [-0.2, -0.15) is 0 Å². The van der Waals surface area contributed by atoms with Gasteiger partial charge >= 0.3 is 0 Å². The zero-order valence-electron chi connectivity index (χ0n) is 15.9. The highest BCUT2D eigenvalue weighted by molar-refractivity contribution is 7.92. The normalized spacial score (nSPS) is 11.4. The fraction of sp³-hybridized carbons (Fsp3) is 0.0952. The van der Waals surface area contributed by atoms with E-state index in [9.17, 15) is 13.2 Å². The number of aryl methyl sites for hydroxylation is 1. The van der Waals surface area contributed by atoms with Gasteiger partial charge in [0.2, 0.25) is 5.91 Å². The SMILES string of the molecule is COc1ccc(NS(=O)(=O)c2cccc(NC(=O)/C=C/c3ccc(C)o3)c2)cc1. The fourth-order valence-electron chi connectivity index (χ4n) is 2.50. The van der Waals surface area contributed by atoms with E-state index < -0.39 is 15.9 Å². The lowest BCUT2D eigenvalue weighted by Gasteiger charge is -2.10. The van der Waals surface area contributed by atoms with Crippen molar-refractivity contribution in [3.05, 3.63) is 78.3 Å². The molecule has 0 saturated carbocycles. The molecule has 8 heteroatoms. The highest BCUT2D eigenvalue weighted by Gasteiger charge is 2.15. The van der Waals surface area contributed by atoms with E-state index in [4.69, 9.17) is 9.15 Å². The average Bonchev–Trinajstić information content (AvgIpc) is 3.12. The first-order valence-corrected chi connectivity index (χ1v) is 10.2. The van der Waals surface area contributed by atoms with Gasteiger partial charge in [0.05, 0.1) is 12.0 Å². The van der Waals surface area contributed by atoms with Gasteiger partial charge in [0.25, 0.3) is 10.0 Å². The van der Waals surface area contributed by atoms with Crippen molar-refractivity contribution in [1.82, 2.24) is 0 Å². The molecule has 0 fully saturated rings. The summed E-state index contributed by atoms with van der Waals surface area (Å²) in [7, 11) is -2.29. The summed E-state index contributed by atoms with van der Waals surface area (Å²) in [5.41, 5.74) is 0.754. The van der Waals surface area contributed by atoms with Crippen LogP contribution in [0.3, 0.4) is 0 Å². The summed E-state index contributed by atoms with van der Waals surface area (Å²) in [4.78, 5) is 12.1. The van der Waals surface area contributed by atoms with Crippen LogP contribution in [0.1, 0.15) is 11.5 Å². The van der Waals surface area contributed by atoms with Crippen molar-refractivity contribution in [2.24, 2.45) is 0 Å². The van der Waals surface area contributed by atoms with Gasteiger partial charge in [0.15, 0.2) is 0 Å². The summed E-state index contributed by atoms with van der Waals surface area (Å²) in [6, 6.07) is 16.0. The van der Waals surface area contributed by atoms with Crippen LogP contribution in [0, 0.1) is 6.92 Å². The van der Waals surface area contributed by atoms with Crippen LogP contribution in [0.2, 0.25) is 0 Å². The smallest absolute Gasteiger partial charge is 0.261 e. The molecular weight excluding hydrogens is 392 g/mol. The van der Waals surface area contributed by atoms with E-state index in [1.807, 2.05) is 6.92 Å². The molecule has 1 aromatic heterocycles. The van der Waals surface area contributed by atoms with Crippen molar-refractivity contribution in [2.75, 3.05) is 17.1 Å². The van der Waals surface area contributed by atoms with Gasteiger partial charge in [-0.1, -0.05) is 6.07 Å². The van der Waals surface area contributed by atoms with Crippen LogP contribution in [0.4, 0.5) is 11.4 Å². The summed E-state index contributed by atoms with van der Waals surface area (Å²) >= 11 is 0. The molecule has 0 radical (unpaired) electrons. The van der Waals surface area contributed by atoms with E-state index in [-0.39, 0.29) is 4.90 Å². The standard InChI is InChI=1S/C21H20N2O5S/c1-15-6-9-19(28-15)12-13-21(24)22-17-4-3-5-20(14-17)29(25,26)23-16-7-10-18(27-2)11-8-16/h3-14,23H,1-2H3,(H,22,24)/b13-12+. The number of benzene rings is 2. The highest BCUT2D eigenvalue weighted by atomic mass is 32.2. The molecule has 0 aliphatic rings. The number of sulfonamides is 1. The van der Waals surface area contributed by atoms with Gasteiger partial charge in [0, 0.05) is 17.5 Å². The number of furan rings is 1. The van der Waals surface area contributed by atoms with E-state index in [1.54, 1.807) is 48.5 Å². The molecule has 3 aromatic rings. The Hall–Kier alpha value is -3.52. The van der Waals surface area contributed by atoms with Crippen LogP contribution in [-0.2, 0) is 14.8 Å². The van der Waals surface area contributed by atoms with Gasteiger partial charge in [0.1, 0.15) is 17.3 Å². The van der Waals surface area contributed by atoms with Gasteiger partial charge in [-0.15, -0.1) is 0 Å². The molecule has 1 amide bonds. The first kappa shape index (κ1) is 20.2. The maximum atomic E-state index is 12.6. The van der Waals surface area contributed by atoms with Crippen LogP contribution in [0.5, 0.6) is 5.75 Å². The molecule has 150 valence electrons. The number of hydrogen-bond acceptors (Lipinski definition) is 5. The van der Waals surface area contributed by atoms with Crippen molar-refractivity contribution < 1.29 is 22.4 Å². The minimum absolute atomic E-state index is 0.0248. The second-order valence-corrected chi connectivity index (χ2v) is 7.82. The van der Waals surface area contributed by atoms with Gasteiger partial charge in [-0.05, 0) is 67.6 Å². The van der Waals surface area contributed by atoms with E-state index in [0.717, 1.165) is 5.76 Å². The van der Waals surface area contributed by atoms with E-state index in [0.29, 0.717) is 22.9 Å². The lowest BCUT2D eigenvalue weighted by molar-refractivity contribution is -0.111. The Bertz CT molecular complexity index is 1130. The topological polar surface area (TPSA) is 97.6 Å². The number of carbonyl (C=O) groups excluding carboxylic acids is 1. The number of anilines is 2. The second-order valence-electron chi connectivity index (χ2n) is 6.13. The Kier molecular flexibility index (Phi) is 6.04. The Morgan fingerprint density at radius 3 is 2.45 bits per heavy atom. The van der Waals surface area contributed by atoms with Gasteiger partial charge in [-0.3, -0.25) is 9.52 Å². The summed E-state index contributed by atoms with van der Waals surface area (Å²) in [5.74, 6) is 1.51. The second kappa shape index (κ2) is 8.66. The third kappa shape index (κ3) is 5.49. The van der Waals surface area contributed by atoms with Crippen LogP contribution in [0.15, 0.2) is 76.1 Å². The van der Waals surface area contributed by atoms with Crippen LogP contribution in [-0.4, -0.2) is 21.4 Å². The summed E-state index contributed by atoms with van der Waals surface area (Å²) in [5, 5.41) is 2.63. The molecule has 0 aliphatic heterocycles. The zero-order valence-corrected chi connectivity index (χ0v) is 16.7. The van der Waals surface area contributed by atoms with E-state index >= 15 is 0 Å². The molecule has 2 aromatic carbocycles. The van der Waals surface area contributed by atoms with Crippen molar-refractivity contribution in [1.29, 1.82) is 0 Å². The minimum atomic E-state index is -3.82. The predicted octanol–water partition coefficient (Wildman–Crippen LogP) is 4.05. The number of hydrogen-bond donors (Lipinski definition) is 2. The average molecular weight is 412 g/mol. The predicted molar refractivity (Wildman–Crippen MR) is 111 cm³/mol. The Balaban J connectivity index is 1.70. The Morgan fingerprint density at radius 1 is 1.03 bits per heavy atom. The fourth-order valence-corrected chi connectivity index (χ4v) is 3.60. The molecule has 29 heavy (non-hydrogen) atoms. The molecule has 0 atom stereocenters. The summed E-state index contributed by atoms with van der Waals surface area (Å²) < 4.78 is 38.2. The first-order chi connectivity index (χ1) is 13.9. The third-order valence-electron chi connectivity index (χ3n) is 3.91. The monoisotopic (exact) mass is 412 g/mol. The number of carbonyl (C=O) groups is 1. The number of methoxy groups -OCH3 is 1. The Morgan fingerprint density at radius 2 is 1.79 bits per heavy atom. The molecule has 0 bridgehead atoms. The molecular formula is C21H20N2O5S. The largest absolute Gasteiger partial charge is 0.497 e. The molecule has 0 aliphatic carbocycles. The van der Waals surface area contributed by atoms with Crippen LogP contribution in [0.25, 0.3) is 6.08 Å². The molecule has 3 rings (SSSR count). The Labute approximate surface area is 169 Å². The number of rotatable bonds is 7. The molecule has 7 nitrogen and oxygen atoms in total. The maximum Gasteiger partial charge on any atom is 0.261 e. The number of nitrogens with one attached hydrogen (secondary N) is 2. The van der Waals surface area contributed by atoms with Crippen molar-refractivity contribution >= 4 is 33.4 Å². The lowest BCUT2D eigenvalue weighted by atomic mass is 10.3. The zero-order chi connectivity index (χ0) is 20.9. The van der Waals surface area contributed by atoms with Crippen molar-refractivity contribution in [2.45, 2.75) is 11.8 Å². The maximum absolute atomic E-state index is 12.6. The minimum Gasteiger partial charge on any atom is -0.497 e. The molecule has 2 N–H and O–H groups in total. The van der Waals surface area contributed by atoms with Crippen molar-refractivity contribution in [3.63, 3.8) is 0 Å². The van der Waals surface area contributed by atoms with Gasteiger partial charge in [-0.25, -0.2) is 8.42 Å². The summed E-state index contributed by atoms with van der Waals surface area (Å²) in [6.45, 7) is 1.81. The molecule has 0 spiro atoms. The number of amides is 1. The van der Waals surface area contributed by atoms with Crippen LogP contribution < -0.4 is 14.8 Å². The summed E-state index contributed by atoms with van der Waals surface area (Å²) in [6.07, 6.45) is 2.85. The molecule has 1 heterocycles. The quantitative estimate of drug-likeness (QED) is 0.571. The third-order valence-corrected chi connectivity index (χ3v) is 5.29. The molecule has 0 unspecified atom stereocenters. The highest BCUT2D eigenvalue weighted by Crippen LogP contribution is 2.21. The van der Waals surface area contributed by atoms with Crippen LogP contribution >= 0.6 is 0 Å². The van der Waals surface area contributed by atoms with Gasteiger partial charge < -0.3 is 14.5 Å². The molecule has 0 saturated heterocycles.